The van der Waals surface area contributed by atoms with Gasteiger partial charge in [0.2, 0.25) is 0 Å². The maximum Gasteiger partial charge on any atom is 0.0826 e. The summed E-state index contributed by atoms with van der Waals surface area (Å²) in [7, 11) is 2.27. The van der Waals surface area contributed by atoms with E-state index in [1.165, 1.54) is 19.3 Å². The van der Waals surface area contributed by atoms with E-state index in [1.807, 2.05) is 0 Å². The smallest absolute Gasteiger partial charge is 0.0826 e. The maximum absolute atomic E-state index is 5.80. The Labute approximate surface area is 106 Å². The van der Waals surface area contributed by atoms with Crippen molar-refractivity contribution in [3.05, 3.63) is 0 Å². The molecule has 0 spiro atoms. The van der Waals surface area contributed by atoms with Crippen molar-refractivity contribution < 1.29 is 4.74 Å². The predicted octanol–water partition coefficient (Wildman–Crippen LogP) is 1.73. The Morgan fingerprint density at radius 2 is 2.12 bits per heavy atom. The average molecular weight is 240 g/mol. The summed E-state index contributed by atoms with van der Waals surface area (Å²) < 4.78 is 5.80. The molecule has 17 heavy (non-hydrogen) atoms. The van der Waals surface area contributed by atoms with Crippen LogP contribution in [-0.4, -0.2) is 50.3 Å². The van der Waals surface area contributed by atoms with E-state index in [-0.39, 0.29) is 0 Å². The third-order valence-electron chi connectivity index (χ3n) is 4.73. The molecule has 3 heteroatoms. The van der Waals surface area contributed by atoms with Gasteiger partial charge in [-0.1, -0.05) is 26.7 Å². The monoisotopic (exact) mass is 240 g/mol. The number of rotatable bonds is 3. The van der Waals surface area contributed by atoms with Crippen LogP contribution in [0, 0.1) is 11.8 Å². The lowest BCUT2D eigenvalue weighted by Gasteiger charge is -2.41. The molecule has 1 heterocycles. The average Bonchev–Trinajstić information content (AvgIpc) is 2.34. The molecule has 100 valence electrons. The minimum Gasteiger partial charge on any atom is -0.374 e. The van der Waals surface area contributed by atoms with Crippen molar-refractivity contribution in [2.24, 2.45) is 11.8 Å². The van der Waals surface area contributed by atoms with Gasteiger partial charge in [0.15, 0.2) is 0 Å². The van der Waals surface area contributed by atoms with Gasteiger partial charge in [-0.05, 0) is 25.3 Å². The molecule has 1 aliphatic carbocycles. The molecule has 4 unspecified atom stereocenters. The molecule has 3 nitrogen and oxygen atoms in total. The highest BCUT2D eigenvalue weighted by molar-refractivity contribution is 4.84. The van der Waals surface area contributed by atoms with Gasteiger partial charge in [-0.3, -0.25) is 0 Å². The minimum absolute atomic E-state index is 0.387. The fraction of sp³-hybridized carbons (Fsp3) is 1.00. The molecule has 0 aromatic rings. The molecule has 0 aromatic carbocycles. The quantitative estimate of drug-likeness (QED) is 0.813. The Hall–Kier alpha value is -0.120. The molecule has 1 N–H and O–H groups in total. The van der Waals surface area contributed by atoms with Crippen LogP contribution in [0.1, 0.15) is 33.1 Å². The first-order valence-electron chi connectivity index (χ1n) is 7.21. The van der Waals surface area contributed by atoms with E-state index in [0.717, 1.165) is 44.1 Å². The van der Waals surface area contributed by atoms with Crippen LogP contribution in [0.4, 0.5) is 0 Å². The summed E-state index contributed by atoms with van der Waals surface area (Å²) in [5.74, 6) is 1.70. The first-order valence-corrected chi connectivity index (χ1v) is 7.21. The highest BCUT2D eigenvalue weighted by Crippen LogP contribution is 2.32. The van der Waals surface area contributed by atoms with E-state index in [2.05, 4.69) is 31.1 Å². The van der Waals surface area contributed by atoms with E-state index in [4.69, 9.17) is 4.74 Å². The molecule has 2 aliphatic rings. The second-order valence-electron chi connectivity index (χ2n) is 5.97. The minimum atomic E-state index is 0.387. The van der Waals surface area contributed by atoms with E-state index >= 15 is 0 Å². The Kier molecular flexibility index (Phi) is 4.83. The van der Waals surface area contributed by atoms with Crippen molar-refractivity contribution in [3.63, 3.8) is 0 Å². The predicted molar refractivity (Wildman–Crippen MR) is 71.2 cm³/mol. The van der Waals surface area contributed by atoms with Gasteiger partial charge in [0.1, 0.15) is 0 Å². The second-order valence-corrected chi connectivity index (χ2v) is 5.97. The zero-order chi connectivity index (χ0) is 12.3. The molecule has 0 radical (unpaired) electrons. The molecule has 0 aromatic heterocycles. The Morgan fingerprint density at radius 1 is 1.29 bits per heavy atom. The van der Waals surface area contributed by atoms with Crippen LogP contribution in [0.5, 0.6) is 0 Å². The van der Waals surface area contributed by atoms with E-state index in [9.17, 15) is 0 Å². The standard InChI is InChI=1S/C14H28N2O/c1-11-5-4-6-14(12(11)2)16(3)10-13-9-15-7-8-17-13/h11-15H,4-10H2,1-3H3. The van der Waals surface area contributed by atoms with Crippen molar-refractivity contribution in [3.8, 4) is 0 Å². The summed E-state index contributed by atoms with van der Waals surface area (Å²) in [6, 6.07) is 0.754. The molecule has 2 fully saturated rings. The van der Waals surface area contributed by atoms with Crippen LogP contribution in [0.15, 0.2) is 0 Å². The lowest BCUT2D eigenvalue weighted by molar-refractivity contribution is -0.0101. The van der Waals surface area contributed by atoms with Gasteiger partial charge < -0.3 is 15.0 Å². The SMILES string of the molecule is CC1CCCC(N(C)CC2CNCCO2)C1C. The van der Waals surface area contributed by atoms with Gasteiger partial charge in [-0.2, -0.15) is 0 Å². The van der Waals surface area contributed by atoms with E-state index < -0.39 is 0 Å². The lowest BCUT2D eigenvalue weighted by Crippen LogP contribution is -2.49. The molecule has 0 bridgehead atoms. The molecule has 1 saturated carbocycles. The second kappa shape index (κ2) is 6.17. The van der Waals surface area contributed by atoms with Crippen molar-refractivity contribution in [1.82, 2.24) is 10.2 Å². The summed E-state index contributed by atoms with van der Waals surface area (Å²) in [4.78, 5) is 2.54. The Balaban J connectivity index is 1.83. The lowest BCUT2D eigenvalue weighted by atomic mass is 9.77. The van der Waals surface area contributed by atoms with Crippen molar-refractivity contribution >= 4 is 0 Å². The number of nitrogens with zero attached hydrogens (tertiary/aromatic N) is 1. The van der Waals surface area contributed by atoms with E-state index in [1.54, 1.807) is 0 Å². The van der Waals surface area contributed by atoms with Gasteiger partial charge in [-0.15, -0.1) is 0 Å². The highest BCUT2D eigenvalue weighted by atomic mass is 16.5. The van der Waals surface area contributed by atoms with Crippen LogP contribution in [-0.2, 0) is 4.74 Å². The Morgan fingerprint density at radius 3 is 2.82 bits per heavy atom. The summed E-state index contributed by atoms with van der Waals surface area (Å²) in [6.07, 6.45) is 4.55. The fourth-order valence-corrected chi connectivity index (χ4v) is 3.37. The molecular formula is C14H28N2O. The molecular weight excluding hydrogens is 212 g/mol. The van der Waals surface area contributed by atoms with Crippen LogP contribution < -0.4 is 5.32 Å². The van der Waals surface area contributed by atoms with Gasteiger partial charge in [0.05, 0.1) is 12.7 Å². The molecule has 1 aliphatic heterocycles. The largest absolute Gasteiger partial charge is 0.374 e. The first-order chi connectivity index (χ1) is 8.18. The summed E-state index contributed by atoms with van der Waals surface area (Å²) in [6.45, 7) is 8.80. The number of likely N-dealkylation sites (N-methyl/N-ethyl adjacent to an activating group) is 1. The van der Waals surface area contributed by atoms with Crippen LogP contribution in [0.3, 0.4) is 0 Å². The highest BCUT2D eigenvalue weighted by Gasteiger charge is 2.31. The third-order valence-corrected chi connectivity index (χ3v) is 4.73. The first kappa shape index (κ1) is 13.3. The topological polar surface area (TPSA) is 24.5 Å². The van der Waals surface area contributed by atoms with Crippen molar-refractivity contribution in [2.75, 3.05) is 33.3 Å². The Bertz CT molecular complexity index is 228. The summed E-state index contributed by atoms with van der Waals surface area (Å²) in [5.41, 5.74) is 0. The maximum atomic E-state index is 5.80. The number of nitrogens with one attached hydrogen (secondary N) is 1. The number of ether oxygens (including phenoxy) is 1. The summed E-state index contributed by atoms with van der Waals surface area (Å²) in [5, 5.41) is 3.41. The molecule has 2 rings (SSSR count). The van der Waals surface area contributed by atoms with Crippen LogP contribution >= 0.6 is 0 Å². The summed E-state index contributed by atoms with van der Waals surface area (Å²) >= 11 is 0. The van der Waals surface area contributed by atoms with Crippen molar-refractivity contribution in [2.45, 2.75) is 45.3 Å². The number of hydrogen-bond acceptors (Lipinski definition) is 3. The molecule has 0 amide bonds. The van der Waals surface area contributed by atoms with Crippen LogP contribution in [0.2, 0.25) is 0 Å². The van der Waals surface area contributed by atoms with Gasteiger partial charge in [-0.25, -0.2) is 0 Å². The van der Waals surface area contributed by atoms with Crippen molar-refractivity contribution in [1.29, 1.82) is 0 Å². The number of hydrogen-bond donors (Lipinski definition) is 1. The number of morpholine rings is 1. The third kappa shape index (κ3) is 3.43. The molecule has 1 saturated heterocycles. The van der Waals surface area contributed by atoms with E-state index in [0.29, 0.717) is 6.10 Å². The zero-order valence-corrected chi connectivity index (χ0v) is 11.6. The fourth-order valence-electron chi connectivity index (χ4n) is 3.37. The van der Waals surface area contributed by atoms with Gasteiger partial charge in [0.25, 0.3) is 0 Å². The van der Waals surface area contributed by atoms with Crippen LogP contribution in [0.25, 0.3) is 0 Å². The zero-order valence-electron chi connectivity index (χ0n) is 11.6. The molecule has 4 atom stereocenters. The normalized spacial score (nSPS) is 39.5. The van der Waals surface area contributed by atoms with Gasteiger partial charge >= 0.3 is 0 Å². The van der Waals surface area contributed by atoms with Gasteiger partial charge in [0, 0.05) is 25.7 Å².